The van der Waals surface area contributed by atoms with Crippen LogP contribution in [0.1, 0.15) is 17.5 Å². The lowest BCUT2D eigenvalue weighted by molar-refractivity contribution is -0.274. The lowest BCUT2D eigenvalue weighted by atomic mass is 10.1. The maximum atomic E-state index is 13.2. The van der Waals surface area contributed by atoms with Gasteiger partial charge in [-0.2, -0.15) is 0 Å². The van der Waals surface area contributed by atoms with Gasteiger partial charge in [-0.15, -0.1) is 18.3 Å². The molecule has 1 aliphatic rings. The second-order valence-electron chi connectivity index (χ2n) is 8.98. The zero-order chi connectivity index (χ0) is 26.2. The van der Waals surface area contributed by atoms with Gasteiger partial charge < -0.3 is 19.1 Å². The van der Waals surface area contributed by atoms with Crippen LogP contribution in [0.25, 0.3) is 16.9 Å². The van der Waals surface area contributed by atoms with Crippen molar-refractivity contribution >= 4 is 11.2 Å². The van der Waals surface area contributed by atoms with Crippen LogP contribution in [0, 0.1) is 0 Å². The van der Waals surface area contributed by atoms with E-state index in [1.54, 1.807) is 4.68 Å². The number of imidazole rings is 1. The number of likely N-dealkylation sites (N-methyl/N-ethyl adjacent to an activating group) is 1. The van der Waals surface area contributed by atoms with Gasteiger partial charge in [0.15, 0.2) is 11.2 Å². The zero-order valence-corrected chi connectivity index (χ0v) is 20.3. The molecule has 12 heteroatoms. The number of ether oxygens (including phenoxy) is 3. The molecule has 1 N–H and O–H groups in total. The summed E-state index contributed by atoms with van der Waals surface area (Å²) >= 11 is 0. The number of fused-ring (bicyclic) bond motifs is 1. The van der Waals surface area contributed by atoms with Crippen LogP contribution < -0.4 is 15.2 Å². The van der Waals surface area contributed by atoms with Crippen LogP contribution in [0.2, 0.25) is 0 Å². The SMILES string of the molecule is COCc1ccc(OC(F)(F)F)c(Cn2c(=O)[nH]c3c2c(OC2CCN(C)C2)nn3-c2ccccc2)c1. The number of halogens is 3. The molecule has 3 heterocycles. The Balaban J connectivity index is 1.62. The second-order valence-corrected chi connectivity index (χ2v) is 8.98. The lowest BCUT2D eigenvalue weighted by Gasteiger charge is -2.15. The molecule has 37 heavy (non-hydrogen) atoms. The number of nitrogens with one attached hydrogen (secondary N) is 1. The Hall–Kier alpha value is -3.77. The number of aromatic amines is 1. The molecule has 1 saturated heterocycles. The Bertz CT molecular complexity index is 1440. The van der Waals surface area contributed by atoms with Crippen LogP contribution in [-0.4, -0.2) is 63.9 Å². The van der Waals surface area contributed by atoms with Crippen molar-refractivity contribution in [3.8, 4) is 17.3 Å². The number of alkyl halides is 3. The minimum Gasteiger partial charge on any atom is -0.470 e. The molecule has 0 radical (unpaired) electrons. The summed E-state index contributed by atoms with van der Waals surface area (Å²) in [6, 6.07) is 13.5. The summed E-state index contributed by atoms with van der Waals surface area (Å²) in [5.41, 5.74) is 1.72. The number of para-hydroxylation sites is 1. The van der Waals surface area contributed by atoms with Gasteiger partial charge in [-0.05, 0) is 43.3 Å². The van der Waals surface area contributed by atoms with Gasteiger partial charge in [-0.3, -0.25) is 9.55 Å². The van der Waals surface area contributed by atoms with Gasteiger partial charge in [0.05, 0.1) is 18.8 Å². The van der Waals surface area contributed by atoms with Crippen molar-refractivity contribution < 1.29 is 27.4 Å². The highest BCUT2D eigenvalue weighted by molar-refractivity contribution is 5.79. The number of aromatic nitrogens is 4. The molecular formula is C25H26F3N5O4. The first-order valence-corrected chi connectivity index (χ1v) is 11.7. The fourth-order valence-electron chi connectivity index (χ4n) is 4.56. The third-order valence-electron chi connectivity index (χ3n) is 6.19. The highest BCUT2D eigenvalue weighted by atomic mass is 19.4. The standard InChI is InChI=1S/C25H26F3N5O4/c1-31-11-10-19(14-31)36-23-21-22(33(30-23)18-6-4-3-5-7-18)29-24(34)32(21)13-17-12-16(15-35-2)8-9-20(17)37-25(26,27)28/h3-9,12,19H,10-11,13-15H2,1-2H3,(H,29,34). The van der Waals surface area contributed by atoms with Crippen LogP contribution in [0.3, 0.4) is 0 Å². The van der Waals surface area contributed by atoms with Gasteiger partial charge in [-0.25, -0.2) is 9.48 Å². The number of methoxy groups -OCH3 is 1. The molecule has 196 valence electrons. The summed E-state index contributed by atoms with van der Waals surface area (Å²) in [6.45, 7) is 1.53. The summed E-state index contributed by atoms with van der Waals surface area (Å²) in [5.74, 6) is -0.173. The average Bonchev–Trinajstić information content (AvgIpc) is 3.51. The number of hydrogen-bond donors (Lipinski definition) is 1. The number of likely N-dealkylation sites (tertiary alicyclic amines) is 1. The van der Waals surface area contributed by atoms with Crippen molar-refractivity contribution in [2.75, 3.05) is 27.2 Å². The van der Waals surface area contributed by atoms with Crippen molar-refractivity contribution in [3.63, 3.8) is 0 Å². The van der Waals surface area contributed by atoms with E-state index in [4.69, 9.17) is 9.47 Å². The zero-order valence-electron chi connectivity index (χ0n) is 20.3. The van der Waals surface area contributed by atoms with Gasteiger partial charge in [0.2, 0.25) is 0 Å². The molecule has 9 nitrogen and oxygen atoms in total. The molecule has 1 aliphatic heterocycles. The molecule has 0 amide bonds. The van der Waals surface area contributed by atoms with E-state index >= 15 is 0 Å². The molecule has 1 fully saturated rings. The Kier molecular flexibility index (Phi) is 6.69. The normalized spacial score (nSPS) is 16.5. The molecule has 2 aromatic heterocycles. The monoisotopic (exact) mass is 517 g/mol. The number of H-pyrrole nitrogens is 1. The summed E-state index contributed by atoms with van der Waals surface area (Å²) < 4.78 is 57.9. The van der Waals surface area contributed by atoms with E-state index in [2.05, 4.69) is 19.7 Å². The minimum atomic E-state index is -4.89. The van der Waals surface area contributed by atoms with Crippen molar-refractivity contribution in [2.45, 2.75) is 32.0 Å². The predicted octanol–water partition coefficient (Wildman–Crippen LogP) is 3.69. The minimum absolute atomic E-state index is 0.139. The Morgan fingerprint density at radius 2 is 1.95 bits per heavy atom. The van der Waals surface area contributed by atoms with Gasteiger partial charge in [0, 0.05) is 25.8 Å². The highest BCUT2D eigenvalue weighted by Crippen LogP contribution is 2.32. The van der Waals surface area contributed by atoms with Crippen molar-refractivity contribution in [1.29, 1.82) is 0 Å². The Morgan fingerprint density at radius 3 is 2.62 bits per heavy atom. The molecule has 0 spiro atoms. The Morgan fingerprint density at radius 1 is 1.16 bits per heavy atom. The van der Waals surface area contributed by atoms with Crippen LogP contribution in [0.4, 0.5) is 13.2 Å². The van der Waals surface area contributed by atoms with E-state index in [1.165, 1.54) is 29.9 Å². The molecule has 0 saturated carbocycles. The van der Waals surface area contributed by atoms with Gasteiger partial charge in [-0.1, -0.05) is 24.3 Å². The molecule has 1 unspecified atom stereocenters. The van der Waals surface area contributed by atoms with Crippen LogP contribution >= 0.6 is 0 Å². The molecular weight excluding hydrogens is 491 g/mol. The van der Waals surface area contributed by atoms with E-state index < -0.39 is 17.8 Å². The van der Waals surface area contributed by atoms with E-state index in [0.29, 0.717) is 29.0 Å². The van der Waals surface area contributed by atoms with Crippen molar-refractivity contribution in [1.82, 2.24) is 24.2 Å². The molecule has 0 aliphatic carbocycles. The van der Waals surface area contributed by atoms with E-state index in [-0.39, 0.29) is 30.7 Å². The first-order valence-electron chi connectivity index (χ1n) is 11.7. The molecule has 1 atom stereocenters. The smallest absolute Gasteiger partial charge is 0.470 e. The van der Waals surface area contributed by atoms with Gasteiger partial charge in [0.1, 0.15) is 11.9 Å². The predicted molar refractivity (Wildman–Crippen MR) is 129 cm³/mol. The fraction of sp³-hybridized carbons (Fsp3) is 0.360. The summed E-state index contributed by atoms with van der Waals surface area (Å²) in [4.78, 5) is 18.1. The van der Waals surface area contributed by atoms with E-state index in [1.807, 2.05) is 37.4 Å². The first kappa shape index (κ1) is 24.9. The highest BCUT2D eigenvalue weighted by Gasteiger charge is 2.33. The summed E-state index contributed by atoms with van der Waals surface area (Å²) in [6.07, 6.45) is -4.25. The second kappa shape index (κ2) is 9.94. The third kappa shape index (κ3) is 5.35. The molecule has 5 rings (SSSR count). The summed E-state index contributed by atoms with van der Waals surface area (Å²) in [7, 11) is 3.48. The molecule has 2 aromatic carbocycles. The maximum Gasteiger partial charge on any atom is 0.573 e. The first-order chi connectivity index (χ1) is 17.7. The van der Waals surface area contributed by atoms with Crippen molar-refractivity contribution in [2.24, 2.45) is 0 Å². The fourth-order valence-corrected chi connectivity index (χ4v) is 4.56. The van der Waals surface area contributed by atoms with Crippen LogP contribution in [-0.2, 0) is 17.9 Å². The summed E-state index contributed by atoms with van der Waals surface area (Å²) in [5, 5.41) is 4.63. The topological polar surface area (TPSA) is 86.5 Å². The van der Waals surface area contributed by atoms with E-state index in [0.717, 1.165) is 13.0 Å². The van der Waals surface area contributed by atoms with Crippen LogP contribution in [0.15, 0.2) is 53.3 Å². The molecule has 0 bridgehead atoms. The molecule has 4 aromatic rings. The maximum absolute atomic E-state index is 13.2. The average molecular weight is 518 g/mol. The number of rotatable bonds is 8. The number of nitrogens with zero attached hydrogens (tertiary/aromatic N) is 4. The quantitative estimate of drug-likeness (QED) is 0.384. The largest absolute Gasteiger partial charge is 0.573 e. The van der Waals surface area contributed by atoms with Crippen LogP contribution in [0.5, 0.6) is 11.6 Å². The van der Waals surface area contributed by atoms with E-state index in [9.17, 15) is 18.0 Å². The lowest BCUT2D eigenvalue weighted by Crippen LogP contribution is -2.23. The number of benzene rings is 2. The van der Waals surface area contributed by atoms with Gasteiger partial charge in [0.25, 0.3) is 5.88 Å². The van der Waals surface area contributed by atoms with Gasteiger partial charge >= 0.3 is 12.1 Å². The third-order valence-corrected chi connectivity index (χ3v) is 6.19. The Labute approximate surface area is 210 Å². The number of hydrogen-bond acceptors (Lipinski definition) is 6. The van der Waals surface area contributed by atoms with Crippen molar-refractivity contribution in [3.05, 3.63) is 70.1 Å².